The van der Waals surface area contributed by atoms with Crippen LogP contribution >= 0.6 is 12.2 Å². The Bertz CT molecular complexity index is 536. The first-order chi connectivity index (χ1) is 9.54. The molecule has 0 saturated carbocycles. The summed E-state index contributed by atoms with van der Waals surface area (Å²) in [5, 5.41) is 2.71. The van der Waals surface area contributed by atoms with Crippen molar-refractivity contribution < 1.29 is 13.9 Å². The summed E-state index contributed by atoms with van der Waals surface area (Å²) in [6.07, 6.45) is 1.35. The molecule has 0 aliphatic carbocycles. The average molecular weight is 296 g/mol. The summed E-state index contributed by atoms with van der Waals surface area (Å²) in [4.78, 5) is 12.2. The number of nitrogens with one attached hydrogen (secondary N) is 1. The lowest BCUT2D eigenvalue weighted by Gasteiger charge is -2.18. The molecule has 1 aliphatic heterocycles. The zero-order valence-electron chi connectivity index (χ0n) is 11.2. The number of benzene rings is 1. The van der Waals surface area contributed by atoms with E-state index in [1.54, 1.807) is 6.07 Å². The Kier molecular flexibility index (Phi) is 4.67. The number of amides is 1. The Morgan fingerprint density at radius 2 is 2.35 bits per heavy atom. The SMILES string of the molecule is CCC1OCCC1C(=O)Nc1cccc(F)c1C(N)=S. The van der Waals surface area contributed by atoms with Crippen molar-refractivity contribution in [3.8, 4) is 0 Å². The van der Waals surface area contributed by atoms with E-state index in [2.05, 4.69) is 5.32 Å². The van der Waals surface area contributed by atoms with Crippen molar-refractivity contribution in [2.45, 2.75) is 25.9 Å². The van der Waals surface area contributed by atoms with Crippen LogP contribution in [0.5, 0.6) is 0 Å². The van der Waals surface area contributed by atoms with Gasteiger partial charge in [-0.1, -0.05) is 25.2 Å². The van der Waals surface area contributed by atoms with Gasteiger partial charge in [0.2, 0.25) is 5.91 Å². The van der Waals surface area contributed by atoms with Crippen LogP contribution in [0.15, 0.2) is 18.2 Å². The van der Waals surface area contributed by atoms with Gasteiger partial charge in [0.1, 0.15) is 10.8 Å². The van der Waals surface area contributed by atoms with E-state index in [0.29, 0.717) is 18.7 Å². The first-order valence-electron chi connectivity index (χ1n) is 6.55. The van der Waals surface area contributed by atoms with Crippen LogP contribution in [0, 0.1) is 11.7 Å². The molecule has 1 fully saturated rings. The van der Waals surface area contributed by atoms with Crippen molar-refractivity contribution in [3.05, 3.63) is 29.6 Å². The summed E-state index contributed by atoms with van der Waals surface area (Å²) in [6.45, 7) is 2.54. The van der Waals surface area contributed by atoms with Gasteiger partial charge < -0.3 is 15.8 Å². The summed E-state index contributed by atoms with van der Waals surface area (Å²) in [7, 11) is 0. The molecule has 2 rings (SSSR count). The molecule has 2 atom stereocenters. The molecule has 1 heterocycles. The maximum absolute atomic E-state index is 13.7. The second kappa shape index (κ2) is 6.28. The number of carbonyl (C=O) groups excluding carboxylic acids is 1. The van der Waals surface area contributed by atoms with E-state index < -0.39 is 5.82 Å². The van der Waals surface area contributed by atoms with Crippen molar-refractivity contribution in [1.29, 1.82) is 0 Å². The number of nitrogens with two attached hydrogens (primary N) is 1. The number of anilines is 1. The molecular formula is C14H17FN2O2S. The lowest BCUT2D eigenvalue weighted by molar-refractivity contribution is -0.121. The van der Waals surface area contributed by atoms with E-state index in [-0.39, 0.29) is 28.5 Å². The lowest BCUT2D eigenvalue weighted by Crippen LogP contribution is -2.30. The predicted molar refractivity (Wildman–Crippen MR) is 79.1 cm³/mol. The number of hydrogen-bond acceptors (Lipinski definition) is 3. The Hall–Kier alpha value is -1.53. The smallest absolute Gasteiger partial charge is 0.230 e. The topological polar surface area (TPSA) is 64.3 Å². The average Bonchev–Trinajstić information content (AvgIpc) is 2.86. The van der Waals surface area contributed by atoms with E-state index >= 15 is 0 Å². The van der Waals surface area contributed by atoms with Gasteiger partial charge in [-0.2, -0.15) is 0 Å². The second-order valence-corrected chi connectivity index (χ2v) is 5.17. The minimum absolute atomic E-state index is 0.0720. The van der Waals surface area contributed by atoms with Crippen LogP contribution in [-0.4, -0.2) is 23.6 Å². The maximum Gasteiger partial charge on any atom is 0.230 e. The van der Waals surface area contributed by atoms with Crippen molar-refractivity contribution >= 4 is 28.8 Å². The molecule has 1 amide bonds. The van der Waals surface area contributed by atoms with Gasteiger partial charge in [-0.3, -0.25) is 4.79 Å². The van der Waals surface area contributed by atoms with Crippen molar-refractivity contribution in [2.24, 2.45) is 11.7 Å². The first kappa shape index (κ1) is 14.9. The molecule has 108 valence electrons. The van der Waals surface area contributed by atoms with Gasteiger partial charge in [-0.05, 0) is 25.0 Å². The van der Waals surface area contributed by atoms with Crippen molar-refractivity contribution in [3.63, 3.8) is 0 Å². The van der Waals surface area contributed by atoms with E-state index in [1.165, 1.54) is 12.1 Å². The Morgan fingerprint density at radius 1 is 1.60 bits per heavy atom. The molecule has 0 spiro atoms. The minimum Gasteiger partial charge on any atom is -0.389 e. The largest absolute Gasteiger partial charge is 0.389 e. The van der Waals surface area contributed by atoms with Crippen LogP contribution in [0.2, 0.25) is 0 Å². The fourth-order valence-electron chi connectivity index (χ4n) is 2.45. The van der Waals surface area contributed by atoms with E-state index in [1.807, 2.05) is 6.92 Å². The zero-order valence-corrected chi connectivity index (χ0v) is 12.0. The molecular weight excluding hydrogens is 279 g/mol. The molecule has 3 N–H and O–H groups in total. The highest BCUT2D eigenvalue weighted by Crippen LogP contribution is 2.26. The number of rotatable bonds is 4. The molecule has 0 aromatic heterocycles. The normalized spacial score (nSPS) is 21.7. The molecule has 0 bridgehead atoms. The first-order valence-corrected chi connectivity index (χ1v) is 6.96. The van der Waals surface area contributed by atoms with Crippen LogP contribution in [0.3, 0.4) is 0 Å². The molecule has 4 nitrogen and oxygen atoms in total. The quantitative estimate of drug-likeness (QED) is 0.836. The van der Waals surface area contributed by atoms with Crippen molar-refractivity contribution in [1.82, 2.24) is 0 Å². The van der Waals surface area contributed by atoms with Crippen LogP contribution in [-0.2, 0) is 9.53 Å². The maximum atomic E-state index is 13.7. The van der Waals surface area contributed by atoms with Crippen LogP contribution in [0.4, 0.5) is 10.1 Å². The molecule has 0 radical (unpaired) electrons. The number of thiocarbonyl (C=S) groups is 1. The second-order valence-electron chi connectivity index (χ2n) is 4.73. The standard InChI is InChI=1S/C14H17FN2O2S/c1-2-11-8(6-7-19-11)14(18)17-10-5-3-4-9(15)12(10)13(16)20/h3-5,8,11H,2,6-7H2,1H3,(H2,16,20)(H,17,18). The lowest BCUT2D eigenvalue weighted by atomic mass is 9.98. The van der Waals surface area contributed by atoms with E-state index in [0.717, 1.165) is 6.42 Å². The summed E-state index contributed by atoms with van der Waals surface area (Å²) < 4.78 is 19.2. The molecule has 6 heteroatoms. The van der Waals surface area contributed by atoms with Gasteiger partial charge >= 0.3 is 0 Å². The summed E-state index contributed by atoms with van der Waals surface area (Å²) in [5.74, 6) is -0.940. The van der Waals surface area contributed by atoms with E-state index in [9.17, 15) is 9.18 Å². The van der Waals surface area contributed by atoms with Gasteiger partial charge in [0.25, 0.3) is 0 Å². The Labute approximate surface area is 122 Å². The predicted octanol–water partition coefficient (Wildman–Crippen LogP) is 2.21. The van der Waals surface area contributed by atoms with Crippen LogP contribution in [0.1, 0.15) is 25.3 Å². The summed E-state index contributed by atoms with van der Waals surface area (Å²) in [6, 6.07) is 4.36. The molecule has 1 aliphatic rings. The molecule has 1 aromatic carbocycles. The fourth-order valence-corrected chi connectivity index (χ4v) is 2.66. The highest BCUT2D eigenvalue weighted by molar-refractivity contribution is 7.80. The third-order valence-electron chi connectivity index (χ3n) is 3.47. The van der Waals surface area contributed by atoms with Crippen LogP contribution < -0.4 is 11.1 Å². The van der Waals surface area contributed by atoms with Gasteiger partial charge in [0.15, 0.2) is 0 Å². The minimum atomic E-state index is -0.537. The summed E-state index contributed by atoms with van der Waals surface area (Å²) >= 11 is 4.83. The van der Waals surface area contributed by atoms with Gasteiger partial charge in [0.05, 0.1) is 23.3 Å². The third kappa shape index (κ3) is 2.96. The van der Waals surface area contributed by atoms with Crippen LogP contribution in [0.25, 0.3) is 0 Å². The third-order valence-corrected chi connectivity index (χ3v) is 3.67. The Morgan fingerprint density at radius 3 is 3.00 bits per heavy atom. The number of ether oxygens (including phenoxy) is 1. The molecule has 20 heavy (non-hydrogen) atoms. The van der Waals surface area contributed by atoms with E-state index in [4.69, 9.17) is 22.7 Å². The highest BCUT2D eigenvalue weighted by Gasteiger charge is 2.33. The summed E-state index contributed by atoms with van der Waals surface area (Å²) in [5.41, 5.74) is 5.90. The number of hydrogen-bond donors (Lipinski definition) is 2. The molecule has 1 saturated heterocycles. The zero-order chi connectivity index (χ0) is 14.7. The van der Waals surface area contributed by atoms with Gasteiger partial charge in [-0.25, -0.2) is 4.39 Å². The number of halogens is 1. The van der Waals surface area contributed by atoms with Gasteiger partial charge in [-0.15, -0.1) is 0 Å². The number of carbonyl (C=O) groups is 1. The monoisotopic (exact) mass is 296 g/mol. The molecule has 1 aromatic rings. The fraction of sp³-hybridized carbons (Fsp3) is 0.429. The Balaban J connectivity index is 2.20. The molecule has 2 unspecified atom stereocenters. The highest BCUT2D eigenvalue weighted by atomic mass is 32.1. The van der Waals surface area contributed by atoms with Gasteiger partial charge in [0, 0.05) is 6.61 Å². The van der Waals surface area contributed by atoms with Crippen molar-refractivity contribution in [2.75, 3.05) is 11.9 Å².